The zero-order valence-corrected chi connectivity index (χ0v) is 16.0. The molecule has 4 nitrogen and oxygen atoms in total. The van der Waals surface area contributed by atoms with Gasteiger partial charge < -0.3 is 14.0 Å². The van der Waals surface area contributed by atoms with Crippen molar-refractivity contribution in [2.75, 3.05) is 20.8 Å². The number of methoxy groups -OCH3 is 2. The molecule has 0 saturated carbocycles. The van der Waals surface area contributed by atoms with Gasteiger partial charge in [-0.15, -0.1) is 0 Å². The van der Waals surface area contributed by atoms with Crippen LogP contribution in [0.3, 0.4) is 0 Å². The van der Waals surface area contributed by atoms with E-state index in [1.165, 1.54) is 16.8 Å². The van der Waals surface area contributed by atoms with Crippen LogP contribution in [0.5, 0.6) is 11.5 Å². The summed E-state index contributed by atoms with van der Waals surface area (Å²) in [5.41, 5.74) is 3.85. The summed E-state index contributed by atoms with van der Waals surface area (Å²) in [5, 5.41) is 0. The minimum absolute atomic E-state index is 0.159. The van der Waals surface area contributed by atoms with Crippen molar-refractivity contribution in [1.29, 1.82) is 0 Å². The minimum Gasteiger partial charge on any atom is -0.497 e. The predicted molar refractivity (Wildman–Crippen MR) is 107 cm³/mol. The first kappa shape index (κ1) is 17.7. The summed E-state index contributed by atoms with van der Waals surface area (Å²) in [6, 6.07) is 21.4. The van der Waals surface area contributed by atoms with Crippen molar-refractivity contribution in [2.45, 2.75) is 25.6 Å². The highest BCUT2D eigenvalue weighted by Crippen LogP contribution is 2.36. The SMILES string of the molecule is COc1cc(OC)cc([C@@H]2c3cccn3CCCN2Cc2ccccc2)c1. The third-order valence-corrected chi connectivity index (χ3v) is 5.27. The second-order valence-corrected chi connectivity index (χ2v) is 6.98. The fraction of sp³-hybridized carbons (Fsp3) is 0.304. The average molecular weight is 362 g/mol. The quantitative estimate of drug-likeness (QED) is 0.668. The van der Waals surface area contributed by atoms with Crippen molar-refractivity contribution in [1.82, 2.24) is 9.47 Å². The molecule has 4 heteroatoms. The Balaban J connectivity index is 1.79. The van der Waals surface area contributed by atoms with Gasteiger partial charge in [-0.2, -0.15) is 0 Å². The van der Waals surface area contributed by atoms with Gasteiger partial charge in [0, 0.05) is 37.6 Å². The van der Waals surface area contributed by atoms with Crippen LogP contribution in [0.1, 0.15) is 29.3 Å². The van der Waals surface area contributed by atoms with Crippen molar-refractivity contribution < 1.29 is 9.47 Å². The first-order valence-electron chi connectivity index (χ1n) is 9.44. The van der Waals surface area contributed by atoms with E-state index in [-0.39, 0.29) is 6.04 Å². The third kappa shape index (κ3) is 3.71. The number of hydrogen-bond donors (Lipinski definition) is 0. The Morgan fingerprint density at radius 2 is 1.63 bits per heavy atom. The lowest BCUT2D eigenvalue weighted by molar-refractivity contribution is 0.219. The standard InChI is InChI=1S/C23H26N2O2/c1-26-20-14-19(15-21(16-20)27-2)23-22-10-6-11-24(22)12-7-13-25(23)17-18-8-4-3-5-9-18/h3-6,8-11,14-16,23H,7,12-13,17H2,1-2H3/t23-/m1/s1. The molecule has 0 aliphatic carbocycles. The number of fused-ring (bicyclic) bond motifs is 1. The Labute approximate surface area is 161 Å². The van der Waals surface area contributed by atoms with E-state index in [0.29, 0.717) is 0 Å². The van der Waals surface area contributed by atoms with Crippen molar-refractivity contribution in [2.24, 2.45) is 0 Å². The van der Waals surface area contributed by atoms with E-state index < -0.39 is 0 Å². The molecule has 0 amide bonds. The molecule has 1 aliphatic heterocycles. The van der Waals surface area contributed by atoms with Crippen LogP contribution in [0, 0.1) is 0 Å². The van der Waals surface area contributed by atoms with Crippen LogP contribution in [0.15, 0.2) is 66.9 Å². The third-order valence-electron chi connectivity index (χ3n) is 5.27. The largest absolute Gasteiger partial charge is 0.497 e. The van der Waals surface area contributed by atoms with Gasteiger partial charge in [-0.1, -0.05) is 30.3 Å². The Morgan fingerprint density at radius 1 is 0.889 bits per heavy atom. The maximum Gasteiger partial charge on any atom is 0.122 e. The van der Waals surface area contributed by atoms with Crippen molar-refractivity contribution in [3.8, 4) is 11.5 Å². The van der Waals surface area contributed by atoms with Gasteiger partial charge in [-0.05, 0) is 41.8 Å². The Kier molecular flexibility index (Phi) is 5.16. The van der Waals surface area contributed by atoms with Crippen LogP contribution in [0.4, 0.5) is 0 Å². The average Bonchev–Trinajstić information content (AvgIpc) is 3.09. The number of aryl methyl sites for hydroxylation is 1. The summed E-state index contributed by atoms with van der Waals surface area (Å²) in [6.45, 7) is 3.00. The molecule has 0 unspecified atom stereocenters. The first-order chi connectivity index (χ1) is 13.3. The molecule has 0 radical (unpaired) electrons. The summed E-state index contributed by atoms with van der Waals surface area (Å²) in [7, 11) is 3.41. The Morgan fingerprint density at radius 3 is 2.33 bits per heavy atom. The number of hydrogen-bond acceptors (Lipinski definition) is 3. The first-order valence-corrected chi connectivity index (χ1v) is 9.44. The molecular weight excluding hydrogens is 336 g/mol. The molecule has 2 heterocycles. The number of nitrogens with zero attached hydrogens (tertiary/aromatic N) is 2. The van der Waals surface area contributed by atoms with Gasteiger partial charge in [-0.3, -0.25) is 4.90 Å². The topological polar surface area (TPSA) is 26.6 Å². The minimum atomic E-state index is 0.159. The lowest BCUT2D eigenvalue weighted by Crippen LogP contribution is -2.29. The molecule has 1 atom stereocenters. The molecule has 1 aromatic heterocycles. The zero-order valence-electron chi connectivity index (χ0n) is 16.0. The molecule has 2 aromatic carbocycles. The van der Waals surface area contributed by atoms with Crippen LogP contribution < -0.4 is 9.47 Å². The van der Waals surface area contributed by atoms with E-state index in [1.807, 2.05) is 6.07 Å². The van der Waals surface area contributed by atoms with Crippen molar-refractivity contribution >= 4 is 0 Å². The van der Waals surface area contributed by atoms with Gasteiger partial charge in [0.05, 0.1) is 20.3 Å². The van der Waals surface area contributed by atoms with Crippen LogP contribution >= 0.6 is 0 Å². The molecule has 0 bridgehead atoms. The number of aromatic nitrogens is 1. The fourth-order valence-corrected chi connectivity index (χ4v) is 4.00. The molecular formula is C23H26N2O2. The van der Waals surface area contributed by atoms with Crippen LogP contribution in [-0.2, 0) is 13.1 Å². The number of ether oxygens (including phenoxy) is 2. The molecule has 0 spiro atoms. The van der Waals surface area contributed by atoms with Gasteiger partial charge in [0.1, 0.15) is 11.5 Å². The van der Waals surface area contributed by atoms with Crippen LogP contribution in [0.2, 0.25) is 0 Å². The maximum absolute atomic E-state index is 5.54. The van der Waals surface area contributed by atoms with Gasteiger partial charge in [0.25, 0.3) is 0 Å². The van der Waals surface area contributed by atoms with Gasteiger partial charge in [0.2, 0.25) is 0 Å². The lowest BCUT2D eigenvalue weighted by Gasteiger charge is -2.31. The second kappa shape index (κ2) is 7.89. The maximum atomic E-state index is 5.54. The molecule has 140 valence electrons. The summed E-state index contributed by atoms with van der Waals surface area (Å²) in [4.78, 5) is 2.56. The van der Waals surface area contributed by atoms with Gasteiger partial charge in [-0.25, -0.2) is 0 Å². The van der Waals surface area contributed by atoms with E-state index in [2.05, 4.69) is 70.3 Å². The van der Waals surface area contributed by atoms with Crippen LogP contribution in [-0.4, -0.2) is 30.2 Å². The summed E-state index contributed by atoms with van der Waals surface area (Å²) >= 11 is 0. The zero-order chi connectivity index (χ0) is 18.6. The van der Waals surface area contributed by atoms with E-state index in [1.54, 1.807) is 14.2 Å². The molecule has 0 fully saturated rings. The Hall–Kier alpha value is -2.72. The molecule has 0 N–H and O–H groups in total. The van der Waals surface area contributed by atoms with Crippen molar-refractivity contribution in [3.05, 3.63) is 83.7 Å². The Bertz CT molecular complexity index is 866. The summed E-state index contributed by atoms with van der Waals surface area (Å²) in [6.07, 6.45) is 3.32. The second-order valence-electron chi connectivity index (χ2n) is 6.98. The molecule has 4 rings (SSSR count). The van der Waals surface area contributed by atoms with Crippen molar-refractivity contribution in [3.63, 3.8) is 0 Å². The summed E-state index contributed by atoms with van der Waals surface area (Å²) in [5.74, 6) is 1.65. The molecule has 27 heavy (non-hydrogen) atoms. The highest BCUT2D eigenvalue weighted by Gasteiger charge is 2.28. The summed E-state index contributed by atoms with van der Waals surface area (Å²) < 4.78 is 13.5. The lowest BCUT2D eigenvalue weighted by atomic mass is 10.00. The van der Waals surface area contributed by atoms with Gasteiger partial charge in [0.15, 0.2) is 0 Å². The normalized spacial score (nSPS) is 17.2. The smallest absolute Gasteiger partial charge is 0.122 e. The predicted octanol–water partition coefficient (Wildman–Crippen LogP) is 4.50. The van der Waals surface area contributed by atoms with E-state index in [9.17, 15) is 0 Å². The molecule has 3 aromatic rings. The number of rotatable bonds is 5. The highest BCUT2D eigenvalue weighted by molar-refractivity contribution is 5.42. The number of benzene rings is 2. The highest BCUT2D eigenvalue weighted by atomic mass is 16.5. The van der Waals surface area contributed by atoms with Gasteiger partial charge >= 0.3 is 0 Å². The van der Waals surface area contributed by atoms with Crippen LogP contribution in [0.25, 0.3) is 0 Å². The molecule has 1 aliphatic rings. The monoisotopic (exact) mass is 362 g/mol. The van der Waals surface area contributed by atoms with E-state index in [0.717, 1.165) is 37.6 Å². The fourth-order valence-electron chi connectivity index (χ4n) is 4.00. The molecule has 0 saturated heterocycles. The van der Waals surface area contributed by atoms with E-state index >= 15 is 0 Å². The van der Waals surface area contributed by atoms with E-state index in [4.69, 9.17) is 9.47 Å².